The molecule has 2 rings (SSSR count). The molecule has 0 bridgehead atoms. The first kappa shape index (κ1) is 16.7. The summed E-state index contributed by atoms with van der Waals surface area (Å²) in [7, 11) is 0. The summed E-state index contributed by atoms with van der Waals surface area (Å²) < 4.78 is 0. The average molecular weight is 311 g/mol. The van der Waals surface area contributed by atoms with E-state index in [0.717, 1.165) is 22.3 Å². The number of nitrogens with one attached hydrogen (secondary N) is 1. The lowest BCUT2D eigenvalue weighted by Crippen LogP contribution is -2.43. The summed E-state index contributed by atoms with van der Waals surface area (Å²) >= 11 is 0. The lowest BCUT2D eigenvalue weighted by atomic mass is 10.0. The number of aliphatic carboxylic acids is 1. The van der Waals surface area contributed by atoms with Gasteiger partial charge in [-0.1, -0.05) is 48.5 Å². The fourth-order valence-electron chi connectivity index (χ4n) is 2.39. The predicted octanol–water partition coefficient (Wildman–Crippen LogP) is 2.66. The van der Waals surface area contributed by atoms with E-state index in [9.17, 15) is 14.7 Å². The number of carbonyl (C=O) groups is 2. The quantitative estimate of drug-likeness (QED) is 0.862. The van der Waals surface area contributed by atoms with Crippen LogP contribution >= 0.6 is 0 Å². The van der Waals surface area contributed by atoms with Crippen molar-refractivity contribution in [3.05, 3.63) is 70.8 Å². The van der Waals surface area contributed by atoms with Crippen molar-refractivity contribution in [3.63, 3.8) is 0 Å². The van der Waals surface area contributed by atoms with Gasteiger partial charge in [-0.15, -0.1) is 0 Å². The topological polar surface area (TPSA) is 66.4 Å². The number of carboxylic acid groups (broad SMARTS) is 1. The monoisotopic (exact) mass is 311 g/mol. The van der Waals surface area contributed by atoms with Crippen LogP contribution in [0.5, 0.6) is 0 Å². The van der Waals surface area contributed by atoms with Crippen LogP contribution in [0, 0.1) is 13.8 Å². The summed E-state index contributed by atoms with van der Waals surface area (Å²) in [5.74, 6) is -1.31. The highest BCUT2D eigenvalue weighted by Crippen LogP contribution is 2.12. The summed E-state index contributed by atoms with van der Waals surface area (Å²) in [6, 6.07) is 14.2. The Morgan fingerprint density at radius 3 is 2.30 bits per heavy atom. The zero-order valence-corrected chi connectivity index (χ0v) is 13.4. The van der Waals surface area contributed by atoms with Crippen LogP contribution in [0.1, 0.15) is 22.3 Å². The molecular weight excluding hydrogens is 290 g/mol. The van der Waals surface area contributed by atoms with Crippen molar-refractivity contribution in [1.29, 1.82) is 0 Å². The Morgan fingerprint density at radius 1 is 1.00 bits per heavy atom. The SMILES string of the molecule is Cc1ccc(C[C@H](NC(=O)Cc2ccccc2)C(=O)O)cc1C. The van der Waals surface area contributed by atoms with E-state index in [2.05, 4.69) is 5.32 Å². The maximum atomic E-state index is 12.1. The Hall–Kier alpha value is -2.62. The van der Waals surface area contributed by atoms with Crippen LogP contribution in [0.15, 0.2) is 48.5 Å². The third-order valence-corrected chi connectivity index (χ3v) is 3.85. The Kier molecular flexibility index (Phi) is 5.52. The van der Waals surface area contributed by atoms with E-state index < -0.39 is 12.0 Å². The highest BCUT2D eigenvalue weighted by Gasteiger charge is 2.20. The van der Waals surface area contributed by atoms with Crippen LogP contribution in [0.25, 0.3) is 0 Å². The number of rotatable bonds is 6. The Balaban J connectivity index is 2.02. The highest BCUT2D eigenvalue weighted by molar-refractivity contribution is 5.85. The number of hydrogen-bond acceptors (Lipinski definition) is 2. The molecule has 0 fully saturated rings. The third-order valence-electron chi connectivity index (χ3n) is 3.85. The van der Waals surface area contributed by atoms with Gasteiger partial charge in [-0.05, 0) is 36.1 Å². The van der Waals surface area contributed by atoms with Crippen molar-refractivity contribution in [2.45, 2.75) is 32.7 Å². The van der Waals surface area contributed by atoms with E-state index in [-0.39, 0.29) is 18.7 Å². The van der Waals surface area contributed by atoms with Crippen molar-refractivity contribution in [3.8, 4) is 0 Å². The van der Waals surface area contributed by atoms with Crippen molar-refractivity contribution in [2.75, 3.05) is 0 Å². The first-order chi connectivity index (χ1) is 11.0. The smallest absolute Gasteiger partial charge is 0.326 e. The Bertz CT molecular complexity index is 695. The van der Waals surface area contributed by atoms with Gasteiger partial charge in [0.15, 0.2) is 0 Å². The number of aryl methyl sites for hydroxylation is 2. The number of hydrogen-bond donors (Lipinski definition) is 2. The number of amides is 1. The maximum absolute atomic E-state index is 12.1. The molecular formula is C19H21NO3. The summed E-state index contributed by atoms with van der Waals surface area (Å²) in [5.41, 5.74) is 4.04. The number of benzene rings is 2. The van der Waals surface area contributed by atoms with E-state index in [0.29, 0.717) is 0 Å². The molecule has 2 aromatic carbocycles. The van der Waals surface area contributed by atoms with Gasteiger partial charge in [0, 0.05) is 6.42 Å². The van der Waals surface area contributed by atoms with E-state index in [4.69, 9.17) is 0 Å². The molecule has 0 aliphatic carbocycles. The molecule has 0 heterocycles. The van der Waals surface area contributed by atoms with Crippen LogP contribution in [0.4, 0.5) is 0 Å². The van der Waals surface area contributed by atoms with Crippen LogP contribution in [-0.2, 0) is 22.4 Å². The maximum Gasteiger partial charge on any atom is 0.326 e. The predicted molar refractivity (Wildman–Crippen MR) is 89.3 cm³/mol. The molecule has 23 heavy (non-hydrogen) atoms. The van der Waals surface area contributed by atoms with Gasteiger partial charge in [0.2, 0.25) is 5.91 Å². The van der Waals surface area contributed by atoms with Crippen molar-refractivity contribution >= 4 is 11.9 Å². The first-order valence-electron chi connectivity index (χ1n) is 7.58. The molecule has 0 radical (unpaired) electrons. The Labute approximate surface area is 136 Å². The minimum atomic E-state index is -1.02. The molecule has 0 spiro atoms. The van der Waals surface area contributed by atoms with Gasteiger partial charge >= 0.3 is 5.97 Å². The van der Waals surface area contributed by atoms with Crippen molar-refractivity contribution < 1.29 is 14.7 Å². The Morgan fingerprint density at radius 2 is 1.70 bits per heavy atom. The molecule has 0 saturated carbocycles. The zero-order valence-electron chi connectivity index (χ0n) is 13.4. The standard InChI is InChI=1S/C19H21NO3/c1-13-8-9-16(10-14(13)2)11-17(19(22)23)20-18(21)12-15-6-4-3-5-7-15/h3-10,17H,11-12H2,1-2H3,(H,20,21)(H,22,23)/t17-/m0/s1. The molecule has 4 heteroatoms. The number of carbonyl (C=O) groups excluding carboxylic acids is 1. The van der Waals surface area contributed by atoms with Crippen molar-refractivity contribution in [1.82, 2.24) is 5.32 Å². The number of carboxylic acids is 1. The molecule has 1 amide bonds. The van der Waals surface area contributed by atoms with Gasteiger partial charge in [0.1, 0.15) is 6.04 Å². The third kappa shape index (κ3) is 4.95. The van der Waals surface area contributed by atoms with Gasteiger partial charge in [-0.25, -0.2) is 4.79 Å². The largest absolute Gasteiger partial charge is 0.480 e. The highest BCUT2D eigenvalue weighted by atomic mass is 16.4. The molecule has 0 aliphatic heterocycles. The van der Waals surface area contributed by atoms with Gasteiger partial charge in [0.05, 0.1) is 6.42 Å². The zero-order chi connectivity index (χ0) is 16.8. The molecule has 0 aromatic heterocycles. The van der Waals surface area contributed by atoms with E-state index in [1.807, 2.05) is 62.4 Å². The second-order valence-corrected chi connectivity index (χ2v) is 5.74. The normalized spacial score (nSPS) is 11.7. The molecule has 0 aliphatic rings. The summed E-state index contributed by atoms with van der Waals surface area (Å²) in [4.78, 5) is 23.5. The summed E-state index contributed by atoms with van der Waals surface area (Å²) in [6.45, 7) is 4.00. The average Bonchev–Trinajstić information content (AvgIpc) is 2.51. The lowest BCUT2D eigenvalue weighted by molar-refractivity contribution is -0.141. The summed E-state index contributed by atoms with van der Waals surface area (Å²) in [5, 5.41) is 12.0. The van der Waals surface area contributed by atoms with E-state index in [1.54, 1.807) is 0 Å². The van der Waals surface area contributed by atoms with Gasteiger partial charge < -0.3 is 10.4 Å². The molecule has 0 saturated heterocycles. The molecule has 0 unspecified atom stereocenters. The van der Waals surface area contributed by atoms with Gasteiger partial charge in [-0.3, -0.25) is 4.79 Å². The fraction of sp³-hybridized carbons (Fsp3) is 0.263. The fourth-order valence-corrected chi connectivity index (χ4v) is 2.39. The van der Waals surface area contributed by atoms with Crippen LogP contribution in [0.3, 0.4) is 0 Å². The first-order valence-corrected chi connectivity index (χ1v) is 7.58. The van der Waals surface area contributed by atoms with Crippen LogP contribution in [0.2, 0.25) is 0 Å². The molecule has 1 atom stereocenters. The van der Waals surface area contributed by atoms with Crippen LogP contribution < -0.4 is 5.32 Å². The molecule has 2 aromatic rings. The van der Waals surface area contributed by atoms with E-state index in [1.165, 1.54) is 0 Å². The molecule has 120 valence electrons. The van der Waals surface area contributed by atoms with Crippen LogP contribution in [-0.4, -0.2) is 23.0 Å². The van der Waals surface area contributed by atoms with Gasteiger partial charge in [-0.2, -0.15) is 0 Å². The molecule has 4 nitrogen and oxygen atoms in total. The second kappa shape index (κ2) is 7.58. The molecule has 2 N–H and O–H groups in total. The van der Waals surface area contributed by atoms with E-state index >= 15 is 0 Å². The lowest BCUT2D eigenvalue weighted by Gasteiger charge is -2.15. The minimum absolute atomic E-state index is 0.178. The van der Waals surface area contributed by atoms with Gasteiger partial charge in [0.25, 0.3) is 0 Å². The van der Waals surface area contributed by atoms with Crippen molar-refractivity contribution in [2.24, 2.45) is 0 Å². The summed E-state index contributed by atoms with van der Waals surface area (Å²) in [6.07, 6.45) is 0.453. The second-order valence-electron chi connectivity index (χ2n) is 5.74. The minimum Gasteiger partial charge on any atom is -0.480 e.